The van der Waals surface area contributed by atoms with Crippen molar-refractivity contribution < 1.29 is 9.53 Å². The van der Waals surface area contributed by atoms with E-state index in [1.54, 1.807) is 0 Å². The Morgan fingerprint density at radius 3 is 2.44 bits per heavy atom. The van der Waals surface area contributed by atoms with E-state index in [4.69, 9.17) is 10.5 Å². The highest BCUT2D eigenvalue weighted by Crippen LogP contribution is 2.12. The first-order valence-corrected chi connectivity index (χ1v) is 7.02. The van der Waals surface area contributed by atoms with Crippen LogP contribution in [0.5, 0.6) is 0 Å². The number of carbonyl (C=O) groups excluding carboxylic acids is 1. The third kappa shape index (κ3) is 4.55. The van der Waals surface area contributed by atoms with Gasteiger partial charge in [0.05, 0.1) is 0 Å². The third-order valence-electron chi connectivity index (χ3n) is 3.58. The summed E-state index contributed by atoms with van der Waals surface area (Å²) in [4.78, 5) is 16.2. The summed E-state index contributed by atoms with van der Waals surface area (Å²) in [5.41, 5.74) is 5.63. The number of nitrogens with two attached hydrogens (primary N) is 1. The number of amides is 1. The molecule has 1 saturated heterocycles. The summed E-state index contributed by atoms with van der Waals surface area (Å²) in [6, 6.07) is 0.569. The lowest BCUT2D eigenvalue weighted by Gasteiger charge is -2.39. The molecule has 1 heterocycles. The molecular formula is C13H27N3O2. The first kappa shape index (κ1) is 15.4. The molecule has 1 amide bonds. The zero-order chi connectivity index (χ0) is 13.4. The lowest BCUT2D eigenvalue weighted by atomic mass is 10.1. The van der Waals surface area contributed by atoms with E-state index >= 15 is 0 Å². The van der Waals surface area contributed by atoms with Crippen molar-refractivity contribution in [3.8, 4) is 0 Å². The zero-order valence-corrected chi connectivity index (χ0v) is 11.7. The Morgan fingerprint density at radius 1 is 1.28 bits per heavy atom. The van der Waals surface area contributed by atoms with Crippen LogP contribution in [0.25, 0.3) is 0 Å². The van der Waals surface area contributed by atoms with Crippen LogP contribution in [0.3, 0.4) is 0 Å². The molecule has 1 unspecified atom stereocenters. The monoisotopic (exact) mass is 257 g/mol. The van der Waals surface area contributed by atoms with Crippen LogP contribution in [0.15, 0.2) is 0 Å². The van der Waals surface area contributed by atoms with Crippen LogP contribution in [-0.4, -0.2) is 67.7 Å². The van der Waals surface area contributed by atoms with E-state index in [0.29, 0.717) is 12.6 Å². The van der Waals surface area contributed by atoms with Crippen molar-refractivity contribution in [2.75, 3.05) is 45.9 Å². The molecule has 0 aliphatic carbocycles. The summed E-state index contributed by atoms with van der Waals surface area (Å²) in [6.07, 6.45) is 2.17. The minimum Gasteiger partial charge on any atom is -0.372 e. The van der Waals surface area contributed by atoms with Gasteiger partial charge in [-0.15, -0.1) is 0 Å². The Bertz CT molecular complexity index is 240. The molecule has 5 nitrogen and oxygen atoms in total. The maximum absolute atomic E-state index is 11.8. The normalized spacial score (nSPS) is 18.9. The van der Waals surface area contributed by atoms with Crippen LogP contribution in [0.2, 0.25) is 0 Å². The molecule has 1 aliphatic rings. The fourth-order valence-corrected chi connectivity index (χ4v) is 2.45. The van der Waals surface area contributed by atoms with Gasteiger partial charge in [-0.3, -0.25) is 9.69 Å². The zero-order valence-electron chi connectivity index (χ0n) is 11.7. The average Bonchev–Trinajstić information content (AvgIpc) is 2.42. The van der Waals surface area contributed by atoms with E-state index < -0.39 is 0 Å². The van der Waals surface area contributed by atoms with Crippen molar-refractivity contribution in [1.29, 1.82) is 0 Å². The number of rotatable bonds is 7. The molecule has 1 atom stereocenters. The van der Waals surface area contributed by atoms with Crippen LogP contribution < -0.4 is 5.73 Å². The second kappa shape index (κ2) is 8.45. The fraction of sp³-hybridized carbons (Fsp3) is 0.923. The first-order valence-electron chi connectivity index (χ1n) is 7.02. The fourth-order valence-electron chi connectivity index (χ4n) is 2.45. The topological polar surface area (TPSA) is 58.8 Å². The van der Waals surface area contributed by atoms with E-state index in [-0.39, 0.29) is 12.5 Å². The molecule has 106 valence electrons. The van der Waals surface area contributed by atoms with Gasteiger partial charge < -0.3 is 15.4 Å². The molecule has 0 aromatic rings. The van der Waals surface area contributed by atoms with Crippen LogP contribution in [0, 0.1) is 0 Å². The predicted octanol–water partition coefficient (Wildman–Crippen LogP) is 0.295. The largest absolute Gasteiger partial charge is 0.372 e. The third-order valence-corrected chi connectivity index (χ3v) is 3.58. The molecule has 0 spiro atoms. The SMILES string of the molecule is CCOCC(=O)N1CCN(C(CC)CCN)CC1. The van der Waals surface area contributed by atoms with Crippen molar-refractivity contribution in [1.82, 2.24) is 9.80 Å². The minimum absolute atomic E-state index is 0.114. The molecule has 18 heavy (non-hydrogen) atoms. The van der Waals surface area contributed by atoms with Crippen LogP contribution >= 0.6 is 0 Å². The molecular weight excluding hydrogens is 230 g/mol. The molecule has 0 aromatic heterocycles. The van der Waals surface area contributed by atoms with Gasteiger partial charge in [-0.2, -0.15) is 0 Å². The first-order chi connectivity index (χ1) is 8.72. The summed E-state index contributed by atoms with van der Waals surface area (Å²) < 4.78 is 5.16. The van der Waals surface area contributed by atoms with Gasteiger partial charge in [0, 0.05) is 38.8 Å². The number of carbonyl (C=O) groups is 1. The van der Waals surface area contributed by atoms with Gasteiger partial charge in [0.1, 0.15) is 6.61 Å². The van der Waals surface area contributed by atoms with Crippen LogP contribution in [-0.2, 0) is 9.53 Å². The van der Waals surface area contributed by atoms with Crippen LogP contribution in [0.1, 0.15) is 26.7 Å². The Hall–Kier alpha value is -0.650. The van der Waals surface area contributed by atoms with E-state index in [0.717, 1.165) is 45.6 Å². The summed E-state index contributed by atoms with van der Waals surface area (Å²) in [5, 5.41) is 0. The van der Waals surface area contributed by atoms with Gasteiger partial charge in [0.15, 0.2) is 0 Å². The summed E-state index contributed by atoms with van der Waals surface area (Å²) in [5.74, 6) is 0.114. The summed E-state index contributed by atoms with van der Waals surface area (Å²) in [7, 11) is 0. The highest BCUT2D eigenvalue weighted by molar-refractivity contribution is 5.77. The number of hydrogen-bond donors (Lipinski definition) is 1. The summed E-state index contributed by atoms with van der Waals surface area (Å²) >= 11 is 0. The Balaban J connectivity index is 2.33. The number of hydrogen-bond acceptors (Lipinski definition) is 4. The van der Waals surface area contributed by atoms with Gasteiger partial charge in [-0.1, -0.05) is 6.92 Å². The second-order valence-electron chi connectivity index (χ2n) is 4.69. The Kier molecular flexibility index (Phi) is 7.23. The van der Waals surface area contributed by atoms with Gasteiger partial charge in [-0.05, 0) is 26.3 Å². The molecule has 1 fully saturated rings. The number of ether oxygens (including phenoxy) is 1. The number of nitrogens with zero attached hydrogens (tertiary/aromatic N) is 2. The maximum atomic E-state index is 11.8. The molecule has 0 radical (unpaired) electrons. The lowest BCUT2D eigenvalue weighted by molar-refractivity contribution is -0.138. The van der Waals surface area contributed by atoms with E-state index in [2.05, 4.69) is 11.8 Å². The standard InChI is InChI=1S/C13H27N3O2/c1-3-12(5-6-14)15-7-9-16(10-8-15)13(17)11-18-4-2/h12H,3-11,14H2,1-2H3. The predicted molar refractivity (Wildman–Crippen MR) is 72.4 cm³/mol. The highest BCUT2D eigenvalue weighted by atomic mass is 16.5. The van der Waals surface area contributed by atoms with Gasteiger partial charge in [-0.25, -0.2) is 0 Å². The Morgan fingerprint density at radius 2 is 1.94 bits per heavy atom. The van der Waals surface area contributed by atoms with Crippen molar-refractivity contribution in [2.45, 2.75) is 32.7 Å². The molecule has 5 heteroatoms. The second-order valence-corrected chi connectivity index (χ2v) is 4.69. The maximum Gasteiger partial charge on any atom is 0.248 e. The van der Waals surface area contributed by atoms with Crippen molar-refractivity contribution in [2.24, 2.45) is 5.73 Å². The van der Waals surface area contributed by atoms with E-state index in [1.165, 1.54) is 0 Å². The molecule has 0 bridgehead atoms. The molecule has 1 aliphatic heterocycles. The van der Waals surface area contributed by atoms with Gasteiger partial charge in [0.2, 0.25) is 5.91 Å². The smallest absolute Gasteiger partial charge is 0.248 e. The van der Waals surface area contributed by atoms with Crippen LogP contribution in [0.4, 0.5) is 0 Å². The van der Waals surface area contributed by atoms with Gasteiger partial charge in [0.25, 0.3) is 0 Å². The lowest BCUT2D eigenvalue weighted by Crippen LogP contribution is -2.52. The van der Waals surface area contributed by atoms with Gasteiger partial charge >= 0.3 is 0 Å². The summed E-state index contributed by atoms with van der Waals surface area (Å²) in [6.45, 7) is 9.20. The quantitative estimate of drug-likeness (QED) is 0.712. The molecule has 0 aromatic carbocycles. The molecule has 0 saturated carbocycles. The minimum atomic E-state index is 0.114. The highest BCUT2D eigenvalue weighted by Gasteiger charge is 2.24. The Labute approximate surface area is 110 Å². The van der Waals surface area contributed by atoms with Crippen molar-refractivity contribution >= 4 is 5.91 Å². The van der Waals surface area contributed by atoms with E-state index in [1.807, 2.05) is 11.8 Å². The van der Waals surface area contributed by atoms with Crippen molar-refractivity contribution in [3.63, 3.8) is 0 Å². The molecule has 1 rings (SSSR count). The average molecular weight is 257 g/mol. The number of piperazine rings is 1. The van der Waals surface area contributed by atoms with Crippen molar-refractivity contribution in [3.05, 3.63) is 0 Å². The molecule has 2 N–H and O–H groups in total. The van der Waals surface area contributed by atoms with E-state index in [9.17, 15) is 4.79 Å².